The lowest BCUT2D eigenvalue weighted by Crippen LogP contribution is -2.04. The third kappa shape index (κ3) is 1.55. The molecule has 0 aromatic carbocycles. The maximum Gasteiger partial charge on any atom is 0.305 e. The molecule has 0 aliphatic rings. The molecule has 6 nitrogen and oxygen atoms in total. The number of carboxylic acids is 1. The van der Waals surface area contributed by atoms with Crippen LogP contribution in [0.15, 0.2) is 18.6 Å². The lowest BCUT2D eigenvalue weighted by atomic mass is 10.3. The van der Waals surface area contributed by atoms with Gasteiger partial charge in [0, 0.05) is 18.9 Å². The van der Waals surface area contributed by atoms with Gasteiger partial charge in [0.15, 0.2) is 5.65 Å². The van der Waals surface area contributed by atoms with Gasteiger partial charge in [-0.15, -0.1) is 0 Å². The minimum atomic E-state index is -0.861. The zero-order valence-corrected chi connectivity index (χ0v) is 7.79. The molecule has 0 fully saturated rings. The van der Waals surface area contributed by atoms with Crippen LogP contribution in [0.4, 0.5) is 0 Å². The molecule has 2 aromatic rings. The zero-order chi connectivity index (χ0) is 10.8. The van der Waals surface area contributed by atoms with E-state index in [0.717, 1.165) is 0 Å². The van der Waals surface area contributed by atoms with Crippen LogP contribution in [0.1, 0.15) is 12.0 Å². The summed E-state index contributed by atoms with van der Waals surface area (Å²) >= 11 is 0. The van der Waals surface area contributed by atoms with E-state index in [1.165, 1.54) is 6.20 Å². The highest BCUT2D eigenvalue weighted by Crippen LogP contribution is 2.11. The molecule has 0 aliphatic carbocycles. The van der Waals surface area contributed by atoms with E-state index in [1.807, 2.05) is 6.07 Å². The van der Waals surface area contributed by atoms with Crippen LogP contribution in [0.2, 0.25) is 0 Å². The van der Waals surface area contributed by atoms with Gasteiger partial charge in [-0.3, -0.25) is 4.79 Å². The summed E-state index contributed by atoms with van der Waals surface area (Å²) < 4.78 is 3.26. The quantitative estimate of drug-likeness (QED) is 0.788. The molecular weight excluding hydrogens is 196 g/mol. The predicted molar refractivity (Wildman–Crippen MR) is 50.1 cm³/mol. The molecule has 0 radical (unpaired) electrons. The predicted octanol–water partition coefficient (Wildman–Crippen LogP) is 0.482. The molecule has 76 valence electrons. The van der Waals surface area contributed by atoms with Gasteiger partial charge in [0.05, 0.1) is 12.6 Å². The molecule has 0 spiro atoms. The van der Waals surface area contributed by atoms with Gasteiger partial charge in [-0.2, -0.15) is 10.4 Å². The van der Waals surface area contributed by atoms with Crippen LogP contribution in [-0.4, -0.2) is 25.3 Å². The standard InChI is InChI=1S/C9H8N4O2/c10-5-7-6-11-13-4-3-12(9(7)13)2-1-8(14)15/h3-4,6H,1-2H2,(H,14,15). The third-order valence-corrected chi connectivity index (χ3v) is 2.12. The van der Waals surface area contributed by atoms with Crippen molar-refractivity contribution in [2.24, 2.45) is 0 Å². The molecule has 0 saturated carbocycles. The molecule has 2 rings (SSSR count). The Labute approximate surface area is 85.0 Å². The molecule has 15 heavy (non-hydrogen) atoms. The summed E-state index contributed by atoms with van der Waals surface area (Å²) in [7, 11) is 0. The van der Waals surface area contributed by atoms with Crippen molar-refractivity contribution in [1.82, 2.24) is 14.2 Å². The van der Waals surface area contributed by atoms with Crippen molar-refractivity contribution in [2.45, 2.75) is 13.0 Å². The van der Waals surface area contributed by atoms with Crippen LogP contribution < -0.4 is 0 Å². The maximum atomic E-state index is 10.4. The Hall–Kier alpha value is -2.29. The molecule has 2 aromatic heterocycles. The first-order valence-corrected chi connectivity index (χ1v) is 4.36. The second-order valence-corrected chi connectivity index (χ2v) is 3.07. The summed E-state index contributed by atoms with van der Waals surface area (Å²) in [5, 5.41) is 21.3. The number of nitriles is 1. The summed E-state index contributed by atoms with van der Waals surface area (Å²) in [5.74, 6) is -0.861. The molecule has 6 heteroatoms. The number of hydrogen-bond acceptors (Lipinski definition) is 3. The number of fused-ring (bicyclic) bond motifs is 1. The van der Waals surface area contributed by atoms with Crippen LogP contribution >= 0.6 is 0 Å². The Morgan fingerprint density at radius 1 is 1.60 bits per heavy atom. The lowest BCUT2D eigenvalue weighted by molar-refractivity contribution is -0.137. The number of rotatable bonds is 3. The van der Waals surface area contributed by atoms with Gasteiger partial charge in [0.2, 0.25) is 0 Å². The van der Waals surface area contributed by atoms with Gasteiger partial charge < -0.3 is 9.67 Å². The highest BCUT2D eigenvalue weighted by molar-refractivity contribution is 5.66. The van der Waals surface area contributed by atoms with Crippen molar-refractivity contribution in [3.8, 4) is 6.07 Å². The van der Waals surface area contributed by atoms with Crippen molar-refractivity contribution in [3.05, 3.63) is 24.2 Å². The van der Waals surface area contributed by atoms with Crippen LogP contribution in [-0.2, 0) is 11.3 Å². The summed E-state index contributed by atoms with van der Waals surface area (Å²) in [6.45, 7) is 0.339. The monoisotopic (exact) mass is 204 g/mol. The number of aryl methyl sites for hydroxylation is 1. The molecule has 0 atom stereocenters. The second-order valence-electron chi connectivity index (χ2n) is 3.07. The van der Waals surface area contributed by atoms with Crippen LogP contribution in [0.3, 0.4) is 0 Å². The molecule has 0 unspecified atom stereocenters. The number of carbonyl (C=O) groups is 1. The molecule has 1 N–H and O–H groups in total. The zero-order valence-electron chi connectivity index (χ0n) is 7.79. The average Bonchev–Trinajstić information content (AvgIpc) is 2.75. The van der Waals surface area contributed by atoms with Gasteiger partial charge in [-0.05, 0) is 0 Å². The summed E-state index contributed by atoms with van der Waals surface area (Å²) in [6, 6.07) is 2.01. The maximum absolute atomic E-state index is 10.4. The first-order chi connectivity index (χ1) is 7.22. The fourth-order valence-electron chi connectivity index (χ4n) is 1.44. The summed E-state index contributed by atoms with van der Waals surface area (Å²) in [4.78, 5) is 10.4. The molecule has 0 aliphatic heterocycles. The molecule has 2 heterocycles. The molecule has 0 amide bonds. The Morgan fingerprint density at radius 2 is 2.40 bits per heavy atom. The smallest absolute Gasteiger partial charge is 0.305 e. The van der Waals surface area contributed by atoms with Crippen molar-refractivity contribution in [2.75, 3.05) is 0 Å². The largest absolute Gasteiger partial charge is 0.481 e. The fourth-order valence-corrected chi connectivity index (χ4v) is 1.44. The first kappa shape index (κ1) is 9.27. The highest BCUT2D eigenvalue weighted by atomic mass is 16.4. The number of hydrogen-bond donors (Lipinski definition) is 1. The number of imidazole rings is 1. The minimum absolute atomic E-state index is 0.0282. The number of carboxylic acid groups (broad SMARTS) is 1. The van der Waals surface area contributed by atoms with E-state index < -0.39 is 5.97 Å². The van der Waals surface area contributed by atoms with E-state index in [1.54, 1.807) is 21.5 Å². The Morgan fingerprint density at radius 3 is 3.07 bits per heavy atom. The number of aromatic nitrogens is 3. The van der Waals surface area contributed by atoms with Gasteiger partial charge in [0.25, 0.3) is 0 Å². The number of aliphatic carboxylic acids is 1. The lowest BCUT2D eigenvalue weighted by Gasteiger charge is -1.99. The van der Waals surface area contributed by atoms with Crippen LogP contribution in [0.5, 0.6) is 0 Å². The van der Waals surface area contributed by atoms with E-state index in [2.05, 4.69) is 5.10 Å². The van der Waals surface area contributed by atoms with Gasteiger partial charge in [-0.25, -0.2) is 4.52 Å². The van der Waals surface area contributed by atoms with E-state index in [0.29, 0.717) is 17.8 Å². The normalized spacial score (nSPS) is 10.3. The Kier molecular flexibility index (Phi) is 2.14. The molecular formula is C9H8N4O2. The van der Waals surface area contributed by atoms with Crippen molar-refractivity contribution < 1.29 is 9.90 Å². The third-order valence-electron chi connectivity index (χ3n) is 2.12. The number of nitrogens with zero attached hydrogens (tertiary/aromatic N) is 4. The Balaban J connectivity index is 2.39. The SMILES string of the molecule is N#Cc1cnn2ccn(CCC(=O)O)c12. The summed E-state index contributed by atoms with van der Waals surface area (Å²) in [6.07, 6.45) is 4.90. The van der Waals surface area contributed by atoms with Gasteiger partial charge in [-0.1, -0.05) is 0 Å². The van der Waals surface area contributed by atoms with Crippen LogP contribution in [0, 0.1) is 11.3 Å². The van der Waals surface area contributed by atoms with E-state index >= 15 is 0 Å². The van der Waals surface area contributed by atoms with Crippen LogP contribution in [0.25, 0.3) is 5.65 Å². The van der Waals surface area contributed by atoms with E-state index in [-0.39, 0.29) is 6.42 Å². The highest BCUT2D eigenvalue weighted by Gasteiger charge is 2.09. The second kappa shape index (κ2) is 3.46. The van der Waals surface area contributed by atoms with Crippen molar-refractivity contribution >= 4 is 11.6 Å². The van der Waals surface area contributed by atoms with E-state index in [4.69, 9.17) is 10.4 Å². The Bertz CT molecular complexity index is 546. The first-order valence-electron chi connectivity index (χ1n) is 4.36. The van der Waals surface area contributed by atoms with Gasteiger partial charge >= 0.3 is 5.97 Å². The van der Waals surface area contributed by atoms with Crippen molar-refractivity contribution in [1.29, 1.82) is 5.26 Å². The van der Waals surface area contributed by atoms with Crippen molar-refractivity contribution in [3.63, 3.8) is 0 Å². The van der Waals surface area contributed by atoms with E-state index in [9.17, 15) is 4.79 Å². The minimum Gasteiger partial charge on any atom is -0.481 e. The van der Waals surface area contributed by atoms with Gasteiger partial charge in [0.1, 0.15) is 11.6 Å². The molecule has 0 bridgehead atoms. The fraction of sp³-hybridized carbons (Fsp3) is 0.222. The summed E-state index contributed by atoms with van der Waals surface area (Å²) in [5.41, 5.74) is 1.09. The average molecular weight is 204 g/mol. The topological polar surface area (TPSA) is 83.3 Å². The molecule has 0 saturated heterocycles.